The third-order valence-corrected chi connectivity index (χ3v) is 6.06. The summed E-state index contributed by atoms with van der Waals surface area (Å²) < 4.78 is 7.03. The number of hydrogen-bond acceptors (Lipinski definition) is 6. The van der Waals surface area contributed by atoms with Gasteiger partial charge in [0, 0.05) is 17.3 Å². The molecule has 0 saturated heterocycles. The minimum Gasteiger partial charge on any atom is -0.495 e. The number of halogens is 1. The van der Waals surface area contributed by atoms with Crippen molar-refractivity contribution in [2.75, 3.05) is 23.5 Å². The molecule has 1 aromatic heterocycles. The molecule has 3 rings (SSSR count). The highest BCUT2D eigenvalue weighted by molar-refractivity contribution is 7.99. The van der Waals surface area contributed by atoms with E-state index in [1.54, 1.807) is 48.1 Å². The van der Waals surface area contributed by atoms with Crippen LogP contribution in [0.4, 0.5) is 11.4 Å². The number of methoxy groups -OCH3 is 1. The summed E-state index contributed by atoms with van der Waals surface area (Å²) in [6, 6.07) is 12.5. The molecule has 172 valence electrons. The van der Waals surface area contributed by atoms with Gasteiger partial charge >= 0.3 is 0 Å². The van der Waals surface area contributed by atoms with E-state index in [0.29, 0.717) is 39.7 Å². The van der Waals surface area contributed by atoms with Gasteiger partial charge in [0.15, 0.2) is 5.16 Å². The third kappa shape index (κ3) is 6.36. The predicted octanol–water partition coefficient (Wildman–Crippen LogP) is 4.35. The van der Waals surface area contributed by atoms with Crippen LogP contribution in [0.3, 0.4) is 0 Å². The maximum Gasteiger partial charge on any atom is 0.234 e. The number of nitrogens with one attached hydrogen (secondary N) is 2. The molecule has 8 nitrogen and oxygen atoms in total. The standard InChI is InChI=1S/C23H24ClN5O3S/c1-4-12-29-20(13-21(30)26-18-9-5-6-11-19(18)32-3)27-28-23(29)33-14-22(31)25-17-10-7-8-16(24)15(17)2/h4-11H,1,12-14H2,2-3H3,(H,25,31)(H,26,30). The van der Waals surface area contributed by atoms with Crippen molar-refractivity contribution in [3.63, 3.8) is 0 Å². The summed E-state index contributed by atoms with van der Waals surface area (Å²) in [4.78, 5) is 25.0. The van der Waals surface area contributed by atoms with E-state index < -0.39 is 0 Å². The summed E-state index contributed by atoms with van der Waals surface area (Å²) in [5, 5.41) is 15.1. The Morgan fingerprint density at radius 2 is 1.85 bits per heavy atom. The molecule has 0 radical (unpaired) electrons. The first kappa shape index (κ1) is 24.3. The highest BCUT2D eigenvalue weighted by Crippen LogP contribution is 2.25. The van der Waals surface area contributed by atoms with E-state index in [-0.39, 0.29) is 24.0 Å². The van der Waals surface area contributed by atoms with Gasteiger partial charge in [-0.2, -0.15) is 0 Å². The quantitative estimate of drug-likeness (QED) is 0.327. The summed E-state index contributed by atoms with van der Waals surface area (Å²) in [7, 11) is 1.54. The van der Waals surface area contributed by atoms with Crippen LogP contribution in [-0.2, 0) is 22.6 Å². The molecule has 0 saturated carbocycles. The van der Waals surface area contributed by atoms with Gasteiger partial charge in [0.05, 0.1) is 25.0 Å². The summed E-state index contributed by atoms with van der Waals surface area (Å²) in [5.41, 5.74) is 2.03. The number of carbonyl (C=O) groups is 2. The second kappa shape index (κ2) is 11.5. The first-order valence-corrected chi connectivity index (χ1v) is 11.4. The molecule has 3 aromatic rings. The minimum absolute atomic E-state index is 0.00730. The van der Waals surface area contributed by atoms with Crippen molar-refractivity contribution in [2.45, 2.75) is 25.0 Å². The first-order valence-electron chi connectivity index (χ1n) is 10.1. The van der Waals surface area contributed by atoms with Crippen LogP contribution in [0.15, 0.2) is 60.3 Å². The van der Waals surface area contributed by atoms with E-state index in [4.69, 9.17) is 16.3 Å². The van der Waals surface area contributed by atoms with Crippen LogP contribution >= 0.6 is 23.4 Å². The van der Waals surface area contributed by atoms with E-state index in [1.165, 1.54) is 11.8 Å². The monoisotopic (exact) mass is 485 g/mol. The number of ether oxygens (including phenoxy) is 1. The summed E-state index contributed by atoms with van der Waals surface area (Å²) >= 11 is 7.34. The van der Waals surface area contributed by atoms with Crippen molar-refractivity contribution >= 4 is 46.6 Å². The molecular formula is C23H24ClN5O3S. The summed E-state index contributed by atoms with van der Waals surface area (Å²) in [6.45, 7) is 6.01. The number of nitrogens with zero attached hydrogens (tertiary/aromatic N) is 3. The van der Waals surface area contributed by atoms with Crippen LogP contribution in [0.1, 0.15) is 11.4 Å². The van der Waals surface area contributed by atoms with Gasteiger partial charge in [-0.15, -0.1) is 16.8 Å². The molecule has 0 fully saturated rings. The third-order valence-electron chi connectivity index (χ3n) is 4.68. The molecular weight excluding hydrogens is 462 g/mol. The summed E-state index contributed by atoms with van der Waals surface area (Å²) in [5.74, 6) is 0.692. The van der Waals surface area contributed by atoms with E-state index >= 15 is 0 Å². The van der Waals surface area contributed by atoms with E-state index in [0.717, 1.165) is 5.56 Å². The zero-order chi connectivity index (χ0) is 23.8. The van der Waals surface area contributed by atoms with Crippen molar-refractivity contribution < 1.29 is 14.3 Å². The molecule has 2 amide bonds. The maximum absolute atomic E-state index is 12.6. The number of hydrogen-bond donors (Lipinski definition) is 2. The van der Waals surface area contributed by atoms with Crippen molar-refractivity contribution in [3.05, 3.63) is 71.5 Å². The SMILES string of the molecule is C=CCn1c(CC(=O)Nc2ccccc2OC)nnc1SCC(=O)Nc1cccc(Cl)c1C. The van der Waals surface area contributed by atoms with Crippen molar-refractivity contribution in [2.24, 2.45) is 0 Å². The Hall–Kier alpha value is -3.30. The van der Waals surface area contributed by atoms with Crippen molar-refractivity contribution in [3.8, 4) is 5.75 Å². The van der Waals surface area contributed by atoms with Crippen LogP contribution in [0.25, 0.3) is 0 Å². The molecule has 2 N–H and O–H groups in total. The van der Waals surface area contributed by atoms with Gasteiger partial charge in [0.1, 0.15) is 11.6 Å². The fourth-order valence-electron chi connectivity index (χ4n) is 3.01. The van der Waals surface area contributed by atoms with Crippen LogP contribution in [0, 0.1) is 6.92 Å². The van der Waals surface area contributed by atoms with Crippen LogP contribution in [-0.4, -0.2) is 39.4 Å². The molecule has 0 bridgehead atoms. The Balaban J connectivity index is 1.65. The Morgan fingerprint density at radius 3 is 2.61 bits per heavy atom. The van der Waals surface area contributed by atoms with Gasteiger partial charge in [0.2, 0.25) is 11.8 Å². The lowest BCUT2D eigenvalue weighted by molar-refractivity contribution is -0.116. The minimum atomic E-state index is -0.261. The topological polar surface area (TPSA) is 98.1 Å². The number of anilines is 2. The Kier molecular flexibility index (Phi) is 8.51. The van der Waals surface area contributed by atoms with Crippen LogP contribution < -0.4 is 15.4 Å². The highest BCUT2D eigenvalue weighted by atomic mass is 35.5. The first-order chi connectivity index (χ1) is 15.9. The lowest BCUT2D eigenvalue weighted by atomic mass is 10.2. The molecule has 0 aliphatic heterocycles. The Bertz CT molecular complexity index is 1160. The number of rotatable bonds is 10. The van der Waals surface area contributed by atoms with Crippen molar-refractivity contribution in [1.82, 2.24) is 14.8 Å². The van der Waals surface area contributed by atoms with Crippen LogP contribution in [0.5, 0.6) is 5.75 Å². The van der Waals surface area contributed by atoms with Gasteiger partial charge in [0.25, 0.3) is 0 Å². The predicted molar refractivity (Wildman–Crippen MR) is 131 cm³/mol. The van der Waals surface area contributed by atoms with Gasteiger partial charge in [-0.05, 0) is 36.8 Å². The Morgan fingerprint density at radius 1 is 1.12 bits per heavy atom. The molecule has 0 aliphatic rings. The highest BCUT2D eigenvalue weighted by Gasteiger charge is 2.17. The van der Waals surface area contributed by atoms with Gasteiger partial charge in [-0.3, -0.25) is 9.59 Å². The second-order valence-corrected chi connectivity index (χ2v) is 8.32. The van der Waals surface area contributed by atoms with Crippen molar-refractivity contribution in [1.29, 1.82) is 0 Å². The van der Waals surface area contributed by atoms with E-state index in [1.807, 2.05) is 19.1 Å². The average Bonchev–Trinajstić information content (AvgIpc) is 3.17. The number of para-hydroxylation sites is 2. The average molecular weight is 486 g/mol. The summed E-state index contributed by atoms with van der Waals surface area (Å²) in [6.07, 6.45) is 1.69. The molecule has 2 aromatic carbocycles. The molecule has 0 atom stereocenters. The van der Waals surface area contributed by atoms with Gasteiger partial charge in [-0.1, -0.05) is 47.6 Å². The molecule has 0 unspecified atom stereocenters. The molecule has 0 aliphatic carbocycles. The second-order valence-electron chi connectivity index (χ2n) is 6.97. The molecule has 33 heavy (non-hydrogen) atoms. The number of aromatic nitrogens is 3. The number of thioether (sulfide) groups is 1. The zero-order valence-electron chi connectivity index (χ0n) is 18.3. The number of benzene rings is 2. The van der Waals surface area contributed by atoms with Gasteiger partial charge in [-0.25, -0.2) is 0 Å². The fourth-order valence-corrected chi connectivity index (χ4v) is 3.96. The number of carbonyl (C=O) groups excluding carboxylic acids is 2. The number of allylic oxidation sites excluding steroid dienone is 1. The lowest BCUT2D eigenvalue weighted by Crippen LogP contribution is -2.18. The molecule has 1 heterocycles. The smallest absolute Gasteiger partial charge is 0.234 e. The van der Waals surface area contributed by atoms with E-state index in [2.05, 4.69) is 27.4 Å². The zero-order valence-corrected chi connectivity index (χ0v) is 19.9. The molecule has 0 spiro atoms. The largest absolute Gasteiger partial charge is 0.495 e. The van der Waals surface area contributed by atoms with E-state index in [9.17, 15) is 9.59 Å². The Labute approximate surface area is 201 Å². The lowest BCUT2D eigenvalue weighted by Gasteiger charge is -2.11. The normalized spacial score (nSPS) is 10.5. The maximum atomic E-state index is 12.6. The van der Waals surface area contributed by atoms with Gasteiger partial charge < -0.3 is 19.9 Å². The number of amides is 2. The fraction of sp³-hybridized carbons (Fsp3) is 0.217. The van der Waals surface area contributed by atoms with Crippen LogP contribution in [0.2, 0.25) is 5.02 Å². The molecule has 10 heteroatoms.